The van der Waals surface area contributed by atoms with Crippen LogP contribution in [0.2, 0.25) is 5.02 Å². The van der Waals surface area contributed by atoms with E-state index in [4.69, 9.17) is 29.0 Å². The molecule has 0 unspecified atom stereocenters. The first-order valence-electron chi connectivity index (χ1n) is 9.27. The number of rotatable bonds is 4. The molecule has 1 aliphatic rings. The summed E-state index contributed by atoms with van der Waals surface area (Å²) in [6.45, 7) is 0. The molecule has 0 saturated heterocycles. The maximum Gasteiger partial charge on any atom is 0.245 e. The number of thiol groups is 1. The van der Waals surface area contributed by atoms with Crippen LogP contribution in [0.15, 0.2) is 84.9 Å². The molecule has 29 heavy (non-hydrogen) atoms. The molecule has 146 valence electrons. The molecule has 0 fully saturated rings. The van der Waals surface area contributed by atoms with Crippen LogP contribution in [0.4, 0.5) is 5.69 Å². The molecule has 0 spiro atoms. The fourth-order valence-electron chi connectivity index (χ4n) is 3.53. The fraction of sp³-hybridized carbons (Fsp3) is 0.125. The third-order valence-corrected chi connectivity index (χ3v) is 5.84. The van der Waals surface area contributed by atoms with Crippen molar-refractivity contribution in [2.75, 3.05) is 12.0 Å². The molecule has 4 rings (SSSR count). The van der Waals surface area contributed by atoms with Gasteiger partial charge < -0.3 is 4.74 Å². The van der Waals surface area contributed by atoms with Gasteiger partial charge in [0.2, 0.25) is 5.91 Å². The Hall–Kier alpha value is -2.69. The highest BCUT2D eigenvalue weighted by atomic mass is 35.5. The van der Waals surface area contributed by atoms with Crippen LogP contribution < -0.4 is 9.64 Å². The number of anilines is 1. The number of para-hydroxylation sites is 1. The summed E-state index contributed by atoms with van der Waals surface area (Å²) in [4.78, 5) is 15.2. The first-order chi connectivity index (χ1) is 14.1. The Labute approximate surface area is 181 Å². The average molecular weight is 422 g/mol. The molecule has 3 nitrogen and oxygen atoms in total. The summed E-state index contributed by atoms with van der Waals surface area (Å²) in [5.74, 6) is 0.539. The predicted octanol–water partition coefficient (Wildman–Crippen LogP) is 5.82. The lowest BCUT2D eigenvalue weighted by Gasteiger charge is -2.36. The molecule has 5 heteroatoms. The van der Waals surface area contributed by atoms with Crippen LogP contribution in [0.1, 0.15) is 17.0 Å². The van der Waals surface area contributed by atoms with Crippen molar-refractivity contribution in [1.29, 1.82) is 0 Å². The summed E-state index contributed by atoms with van der Waals surface area (Å²) < 4.78 is 5.28. The maximum atomic E-state index is 13.4. The highest BCUT2D eigenvalue weighted by Crippen LogP contribution is 2.40. The van der Waals surface area contributed by atoms with Crippen molar-refractivity contribution in [3.05, 3.63) is 101 Å². The van der Waals surface area contributed by atoms with Crippen LogP contribution in [0, 0.1) is 0 Å². The van der Waals surface area contributed by atoms with Gasteiger partial charge in [0, 0.05) is 16.6 Å². The smallest absolute Gasteiger partial charge is 0.245 e. The van der Waals surface area contributed by atoms with E-state index in [0.29, 0.717) is 5.02 Å². The number of nitrogens with zero attached hydrogens (tertiary/aromatic N) is 1. The van der Waals surface area contributed by atoms with E-state index in [0.717, 1.165) is 28.3 Å². The Balaban J connectivity index is 1.86. The topological polar surface area (TPSA) is 29.5 Å². The molecule has 0 aliphatic carbocycles. The van der Waals surface area contributed by atoms with Crippen LogP contribution in [-0.2, 0) is 4.79 Å². The van der Waals surface area contributed by atoms with Gasteiger partial charge in [0.25, 0.3) is 0 Å². The fourth-order valence-corrected chi connectivity index (χ4v) is 4.03. The molecule has 2 atom stereocenters. The van der Waals surface area contributed by atoms with Gasteiger partial charge in [-0.2, -0.15) is 12.6 Å². The lowest BCUT2D eigenvalue weighted by Crippen LogP contribution is -2.42. The number of methoxy groups -OCH3 is 1. The average Bonchev–Trinajstić information content (AvgIpc) is 2.77. The molecule has 1 aliphatic heterocycles. The Morgan fingerprint density at radius 3 is 2.21 bits per heavy atom. The van der Waals surface area contributed by atoms with Crippen molar-refractivity contribution in [2.24, 2.45) is 0 Å². The summed E-state index contributed by atoms with van der Waals surface area (Å²) in [6, 6.07) is 24.9. The summed E-state index contributed by atoms with van der Waals surface area (Å²) in [5.41, 5.74) is 3.57. The van der Waals surface area contributed by atoms with E-state index >= 15 is 0 Å². The summed E-state index contributed by atoms with van der Waals surface area (Å²) in [6.07, 6.45) is 2.11. The largest absolute Gasteiger partial charge is 0.497 e. The number of hydrogen-bond acceptors (Lipinski definition) is 3. The molecular weight excluding hydrogens is 402 g/mol. The third-order valence-electron chi connectivity index (χ3n) is 5.05. The van der Waals surface area contributed by atoms with Gasteiger partial charge >= 0.3 is 0 Å². The van der Waals surface area contributed by atoms with Crippen molar-refractivity contribution < 1.29 is 9.53 Å². The number of carbonyl (C=O) groups is 1. The Kier molecular flexibility index (Phi) is 5.65. The Bertz CT molecular complexity index is 1030. The number of halogens is 1. The highest BCUT2D eigenvalue weighted by Gasteiger charge is 2.37. The minimum atomic E-state index is -0.502. The zero-order chi connectivity index (χ0) is 20.4. The molecule has 1 amide bonds. The number of benzene rings is 3. The molecule has 0 N–H and O–H groups in total. The monoisotopic (exact) mass is 421 g/mol. The molecule has 0 aromatic heterocycles. The van der Waals surface area contributed by atoms with Gasteiger partial charge in [-0.15, -0.1) is 0 Å². The van der Waals surface area contributed by atoms with Crippen molar-refractivity contribution in [2.45, 2.75) is 11.2 Å². The minimum Gasteiger partial charge on any atom is -0.497 e. The van der Waals surface area contributed by atoms with Crippen molar-refractivity contribution in [1.82, 2.24) is 0 Å². The van der Waals surface area contributed by atoms with Crippen LogP contribution in [0.25, 0.3) is 5.70 Å². The summed E-state index contributed by atoms with van der Waals surface area (Å²) in [7, 11) is 1.64. The Morgan fingerprint density at radius 1 is 0.931 bits per heavy atom. The molecule has 0 saturated carbocycles. The van der Waals surface area contributed by atoms with Crippen molar-refractivity contribution in [3.63, 3.8) is 0 Å². The minimum absolute atomic E-state index is 0.0622. The quantitative estimate of drug-likeness (QED) is 0.538. The van der Waals surface area contributed by atoms with E-state index in [-0.39, 0.29) is 11.8 Å². The zero-order valence-corrected chi connectivity index (χ0v) is 17.5. The number of allylic oxidation sites excluding steroid dienone is 1. The number of ether oxygens (including phenoxy) is 1. The molecule has 0 radical (unpaired) electrons. The van der Waals surface area contributed by atoms with Crippen molar-refractivity contribution >= 4 is 41.5 Å². The molecular formula is C24H20ClNO2S. The standard InChI is InChI=1S/C24H20ClNO2S/c1-28-20-13-9-17(10-14-20)22-15-21(16-7-11-18(25)12-8-16)23(29)24(27)26(22)19-5-3-2-4-6-19/h2-15,21,23,29H,1H3/t21-,23-/m1/s1. The molecule has 1 heterocycles. The van der Waals surface area contributed by atoms with Gasteiger partial charge in [-0.3, -0.25) is 9.69 Å². The summed E-state index contributed by atoms with van der Waals surface area (Å²) in [5, 5.41) is 0.162. The SMILES string of the molecule is COc1ccc(C2=C[C@H](c3ccc(Cl)cc3)[C@@H](S)C(=O)N2c2ccccc2)cc1. The van der Waals surface area contributed by atoms with Crippen LogP contribution in [-0.4, -0.2) is 18.3 Å². The van der Waals surface area contributed by atoms with Crippen LogP contribution in [0.5, 0.6) is 5.75 Å². The third kappa shape index (κ3) is 3.91. The van der Waals surface area contributed by atoms with Crippen LogP contribution in [0.3, 0.4) is 0 Å². The van der Waals surface area contributed by atoms with Gasteiger partial charge in [0.1, 0.15) is 5.75 Å². The van der Waals surface area contributed by atoms with E-state index in [9.17, 15) is 4.79 Å². The maximum absolute atomic E-state index is 13.4. The van der Waals surface area contributed by atoms with E-state index in [2.05, 4.69) is 6.08 Å². The van der Waals surface area contributed by atoms with E-state index < -0.39 is 5.25 Å². The second-order valence-corrected chi connectivity index (χ2v) is 7.80. The normalized spacial score (nSPS) is 19.1. The second kappa shape index (κ2) is 8.36. The molecule has 3 aromatic rings. The van der Waals surface area contributed by atoms with Gasteiger partial charge in [-0.05, 0) is 59.7 Å². The van der Waals surface area contributed by atoms with Gasteiger partial charge in [0.05, 0.1) is 18.1 Å². The predicted molar refractivity (Wildman–Crippen MR) is 122 cm³/mol. The number of hydrogen-bond donors (Lipinski definition) is 1. The van der Waals surface area contributed by atoms with Crippen molar-refractivity contribution in [3.8, 4) is 5.75 Å². The lowest BCUT2D eigenvalue weighted by molar-refractivity contribution is -0.117. The first-order valence-corrected chi connectivity index (χ1v) is 10.2. The zero-order valence-electron chi connectivity index (χ0n) is 15.8. The number of amides is 1. The van der Waals surface area contributed by atoms with Gasteiger partial charge in [0.15, 0.2) is 0 Å². The number of carbonyl (C=O) groups excluding carboxylic acids is 1. The molecule has 3 aromatic carbocycles. The Morgan fingerprint density at radius 2 is 1.59 bits per heavy atom. The lowest BCUT2D eigenvalue weighted by atomic mass is 9.88. The second-order valence-electron chi connectivity index (χ2n) is 6.81. The first kappa shape index (κ1) is 19.6. The van der Waals surface area contributed by atoms with Crippen LogP contribution >= 0.6 is 24.2 Å². The van der Waals surface area contributed by atoms with E-state index in [1.165, 1.54) is 0 Å². The van der Waals surface area contributed by atoms with E-state index in [1.54, 1.807) is 12.0 Å². The van der Waals surface area contributed by atoms with Gasteiger partial charge in [-0.25, -0.2) is 0 Å². The molecule has 0 bridgehead atoms. The summed E-state index contributed by atoms with van der Waals surface area (Å²) >= 11 is 10.7. The van der Waals surface area contributed by atoms with Gasteiger partial charge in [-0.1, -0.05) is 48.0 Å². The van der Waals surface area contributed by atoms with E-state index in [1.807, 2.05) is 78.9 Å². The highest BCUT2D eigenvalue weighted by molar-refractivity contribution is 7.82.